The predicted octanol–water partition coefficient (Wildman–Crippen LogP) is 4.73. The average Bonchev–Trinajstić information content (AvgIpc) is 2.98. The SMILES string of the molecule is CC1CN(CC2CCCCC2)CC1c1cccc(F)c1.CF.O=CO. The summed E-state index contributed by atoms with van der Waals surface area (Å²) in [7, 11) is 0.500. The van der Waals surface area contributed by atoms with Crippen molar-refractivity contribution in [2.45, 2.75) is 44.9 Å². The molecule has 0 radical (unpaired) electrons. The van der Waals surface area contributed by atoms with Crippen molar-refractivity contribution < 1.29 is 18.7 Å². The van der Waals surface area contributed by atoms with Crippen molar-refractivity contribution >= 4 is 6.47 Å². The number of hydrogen-bond donors (Lipinski definition) is 1. The van der Waals surface area contributed by atoms with Gasteiger partial charge in [-0.3, -0.25) is 9.18 Å². The van der Waals surface area contributed by atoms with E-state index < -0.39 is 0 Å². The highest BCUT2D eigenvalue weighted by Crippen LogP contribution is 2.34. The summed E-state index contributed by atoms with van der Waals surface area (Å²) in [4.78, 5) is 11.0. The van der Waals surface area contributed by atoms with Crippen molar-refractivity contribution in [1.29, 1.82) is 0 Å². The maximum absolute atomic E-state index is 13.4. The Bertz CT molecular complexity index is 492. The molecule has 2 atom stereocenters. The smallest absolute Gasteiger partial charge is 0.290 e. The first kappa shape index (κ1) is 21.6. The lowest BCUT2D eigenvalue weighted by atomic mass is 9.89. The van der Waals surface area contributed by atoms with Gasteiger partial charge < -0.3 is 10.0 Å². The molecule has 25 heavy (non-hydrogen) atoms. The lowest BCUT2D eigenvalue weighted by Gasteiger charge is -2.26. The fraction of sp³-hybridized carbons (Fsp3) is 0.650. The Morgan fingerprint density at radius 2 is 1.84 bits per heavy atom. The second-order valence-corrected chi connectivity index (χ2v) is 6.97. The molecule has 1 aliphatic carbocycles. The van der Waals surface area contributed by atoms with Gasteiger partial charge in [-0.05, 0) is 42.4 Å². The molecule has 1 aliphatic heterocycles. The molecule has 1 aromatic rings. The zero-order valence-corrected chi connectivity index (χ0v) is 15.3. The predicted molar refractivity (Wildman–Crippen MR) is 97.0 cm³/mol. The zero-order valence-electron chi connectivity index (χ0n) is 15.3. The number of halogens is 2. The van der Waals surface area contributed by atoms with Gasteiger partial charge in [-0.15, -0.1) is 0 Å². The van der Waals surface area contributed by atoms with Gasteiger partial charge in [0, 0.05) is 25.6 Å². The molecule has 1 aromatic carbocycles. The van der Waals surface area contributed by atoms with E-state index >= 15 is 0 Å². The summed E-state index contributed by atoms with van der Waals surface area (Å²) in [6, 6.07) is 7.21. The normalized spacial score (nSPS) is 23.8. The van der Waals surface area contributed by atoms with E-state index in [2.05, 4.69) is 17.9 Å². The van der Waals surface area contributed by atoms with Crippen LogP contribution in [0.2, 0.25) is 0 Å². The monoisotopic (exact) mass is 355 g/mol. The average molecular weight is 355 g/mol. The number of hydrogen-bond acceptors (Lipinski definition) is 2. The van der Waals surface area contributed by atoms with E-state index in [0.717, 1.165) is 12.5 Å². The van der Waals surface area contributed by atoms with Gasteiger partial charge in [0.1, 0.15) is 5.82 Å². The fourth-order valence-corrected chi connectivity index (χ4v) is 4.12. The van der Waals surface area contributed by atoms with Crippen LogP contribution in [0.15, 0.2) is 24.3 Å². The molecule has 0 bridgehead atoms. The van der Waals surface area contributed by atoms with Gasteiger partial charge in [-0.25, -0.2) is 4.39 Å². The number of likely N-dealkylation sites (tertiary alicyclic amines) is 1. The Morgan fingerprint density at radius 1 is 1.20 bits per heavy atom. The molecule has 2 unspecified atom stereocenters. The first-order valence-electron chi connectivity index (χ1n) is 9.07. The summed E-state index contributed by atoms with van der Waals surface area (Å²) >= 11 is 0. The van der Waals surface area contributed by atoms with Gasteiger partial charge in [0.25, 0.3) is 6.47 Å². The molecule has 1 N–H and O–H groups in total. The first-order chi connectivity index (χ1) is 12.1. The van der Waals surface area contributed by atoms with Crippen LogP contribution >= 0.6 is 0 Å². The second-order valence-electron chi connectivity index (χ2n) is 6.97. The fourth-order valence-electron chi connectivity index (χ4n) is 4.12. The van der Waals surface area contributed by atoms with Crippen LogP contribution in [-0.4, -0.2) is 43.3 Å². The molecule has 0 aromatic heterocycles. The number of alkyl halides is 1. The summed E-state index contributed by atoms with van der Waals surface area (Å²) in [5, 5.41) is 6.89. The number of benzene rings is 1. The van der Waals surface area contributed by atoms with Gasteiger partial charge >= 0.3 is 0 Å². The Labute approximate surface area is 150 Å². The number of carboxylic acid groups (broad SMARTS) is 1. The highest BCUT2D eigenvalue weighted by molar-refractivity contribution is 5.32. The molecule has 3 nitrogen and oxygen atoms in total. The highest BCUT2D eigenvalue weighted by Gasteiger charge is 2.32. The minimum atomic E-state index is -0.250. The summed E-state index contributed by atoms with van der Waals surface area (Å²) in [5.74, 6) is 1.96. The number of rotatable bonds is 3. The number of carbonyl (C=O) groups is 1. The summed E-state index contributed by atoms with van der Waals surface area (Å²) in [6.45, 7) is 5.62. The van der Waals surface area contributed by atoms with E-state index in [-0.39, 0.29) is 12.3 Å². The van der Waals surface area contributed by atoms with Gasteiger partial charge in [0.2, 0.25) is 0 Å². The Morgan fingerprint density at radius 3 is 2.44 bits per heavy atom. The first-order valence-corrected chi connectivity index (χ1v) is 9.07. The molecule has 1 saturated carbocycles. The summed E-state index contributed by atoms with van der Waals surface area (Å²) < 4.78 is 22.9. The van der Waals surface area contributed by atoms with Crippen molar-refractivity contribution in [3.05, 3.63) is 35.6 Å². The third-order valence-corrected chi connectivity index (χ3v) is 5.21. The number of nitrogens with zero attached hydrogens (tertiary/aromatic N) is 1. The van der Waals surface area contributed by atoms with E-state index in [1.165, 1.54) is 50.8 Å². The van der Waals surface area contributed by atoms with Crippen molar-refractivity contribution in [3.8, 4) is 0 Å². The van der Waals surface area contributed by atoms with Crippen LogP contribution in [0.4, 0.5) is 8.78 Å². The molecule has 0 spiro atoms. The van der Waals surface area contributed by atoms with Gasteiger partial charge in [-0.1, -0.05) is 38.3 Å². The molecular weight excluding hydrogens is 324 g/mol. The maximum Gasteiger partial charge on any atom is 0.290 e. The minimum absolute atomic E-state index is 0.0968. The molecule has 5 heteroatoms. The van der Waals surface area contributed by atoms with Crippen molar-refractivity contribution in [3.63, 3.8) is 0 Å². The van der Waals surface area contributed by atoms with Crippen LogP contribution in [-0.2, 0) is 4.79 Å². The van der Waals surface area contributed by atoms with Crippen molar-refractivity contribution in [1.82, 2.24) is 4.90 Å². The van der Waals surface area contributed by atoms with Crippen LogP contribution in [0, 0.1) is 17.7 Å². The largest absolute Gasteiger partial charge is 0.483 e. The van der Waals surface area contributed by atoms with E-state index in [4.69, 9.17) is 9.90 Å². The van der Waals surface area contributed by atoms with Gasteiger partial charge in [0.05, 0.1) is 7.18 Å². The zero-order chi connectivity index (χ0) is 18.7. The molecule has 3 rings (SSSR count). The third kappa shape index (κ3) is 7.10. The Balaban J connectivity index is 0.000000567. The maximum atomic E-state index is 13.4. The molecular formula is C20H31F2NO2. The molecule has 142 valence electrons. The Kier molecular flexibility index (Phi) is 10.3. The lowest BCUT2D eigenvalue weighted by molar-refractivity contribution is -0.122. The standard InChI is InChI=1S/C18H26FN.CH3F.CH2O2/c1-14-11-20(12-15-6-3-2-4-7-15)13-18(14)16-8-5-9-17(19)10-16;1-2;2-1-3/h5,8-10,14-15,18H,2-4,6-7,11-13H2,1H3;1H3;1H,(H,2,3). The van der Waals surface area contributed by atoms with Crippen molar-refractivity contribution in [2.75, 3.05) is 26.8 Å². The molecule has 1 saturated heterocycles. The summed E-state index contributed by atoms with van der Waals surface area (Å²) in [6.07, 6.45) is 7.09. The van der Waals surface area contributed by atoms with Crippen LogP contribution < -0.4 is 0 Å². The van der Waals surface area contributed by atoms with Crippen LogP contribution in [0.5, 0.6) is 0 Å². The topological polar surface area (TPSA) is 40.5 Å². The van der Waals surface area contributed by atoms with Crippen LogP contribution in [0.25, 0.3) is 0 Å². The van der Waals surface area contributed by atoms with E-state index in [1.807, 2.05) is 6.07 Å². The van der Waals surface area contributed by atoms with E-state index in [1.54, 1.807) is 12.1 Å². The third-order valence-electron chi connectivity index (χ3n) is 5.21. The van der Waals surface area contributed by atoms with Crippen LogP contribution in [0.1, 0.15) is 50.5 Å². The molecule has 2 fully saturated rings. The molecule has 2 aliphatic rings. The molecule has 0 amide bonds. The van der Waals surface area contributed by atoms with Gasteiger partial charge in [0.15, 0.2) is 0 Å². The quantitative estimate of drug-likeness (QED) is 0.797. The summed E-state index contributed by atoms with van der Waals surface area (Å²) in [5.41, 5.74) is 1.18. The van der Waals surface area contributed by atoms with Crippen LogP contribution in [0.3, 0.4) is 0 Å². The van der Waals surface area contributed by atoms with Crippen molar-refractivity contribution in [2.24, 2.45) is 11.8 Å². The minimum Gasteiger partial charge on any atom is -0.483 e. The molecule has 1 heterocycles. The van der Waals surface area contributed by atoms with Gasteiger partial charge in [-0.2, -0.15) is 0 Å². The Hall–Kier alpha value is -1.49. The van der Waals surface area contributed by atoms with E-state index in [0.29, 0.717) is 19.0 Å². The highest BCUT2D eigenvalue weighted by atomic mass is 19.1. The van der Waals surface area contributed by atoms with E-state index in [9.17, 15) is 8.78 Å². The lowest BCUT2D eigenvalue weighted by Crippen LogP contribution is -2.28. The second kappa shape index (κ2) is 12.0.